The first-order valence-electron chi connectivity index (χ1n) is 10.4. The number of hydrogen-bond donors (Lipinski definition) is 2. The molecule has 7 nitrogen and oxygen atoms in total. The number of fused-ring (bicyclic) bond motifs is 1. The summed E-state index contributed by atoms with van der Waals surface area (Å²) >= 11 is 0. The smallest absolute Gasteiger partial charge is 0.319 e. The summed E-state index contributed by atoms with van der Waals surface area (Å²) in [5.74, 6) is -0.875. The molecule has 0 unspecified atom stereocenters. The average Bonchev–Trinajstić information content (AvgIpc) is 3.43. The lowest BCUT2D eigenvalue weighted by Crippen LogP contribution is -2.31. The molecule has 1 aromatic heterocycles. The van der Waals surface area contributed by atoms with Crippen LogP contribution in [0.5, 0.6) is 5.75 Å². The van der Waals surface area contributed by atoms with Crippen molar-refractivity contribution in [3.63, 3.8) is 0 Å². The first-order valence-corrected chi connectivity index (χ1v) is 10.4. The molecule has 2 aromatic carbocycles. The van der Waals surface area contributed by atoms with E-state index in [1.807, 2.05) is 33.9 Å². The van der Waals surface area contributed by atoms with Gasteiger partial charge in [-0.15, -0.1) is 0 Å². The Morgan fingerprint density at radius 2 is 1.88 bits per heavy atom. The van der Waals surface area contributed by atoms with Crippen molar-refractivity contribution in [3.05, 3.63) is 59.8 Å². The molecular formula is C23H24F2N4O3. The number of ether oxygens (including phenoxy) is 1. The van der Waals surface area contributed by atoms with Gasteiger partial charge in [-0.3, -0.25) is 4.79 Å². The van der Waals surface area contributed by atoms with Crippen molar-refractivity contribution in [2.45, 2.75) is 25.9 Å². The number of benzene rings is 2. The third-order valence-corrected chi connectivity index (χ3v) is 5.55. The van der Waals surface area contributed by atoms with Gasteiger partial charge in [-0.05, 0) is 48.7 Å². The Bertz CT molecular complexity index is 1160. The summed E-state index contributed by atoms with van der Waals surface area (Å²) < 4.78 is 34.0. The fraction of sp³-hybridized carbons (Fsp3) is 0.304. The average molecular weight is 442 g/mol. The zero-order chi connectivity index (χ0) is 22.7. The monoisotopic (exact) mass is 442 g/mol. The van der Waals surface area contributed by atoms with Crippen molar-refractivity contribution in [1.82, 2.24) is 14.8 Å². The Balaban J connectivity index is 1.51. The Labute approximate surface area is 183 Å². The van der Waals surface area contributed by atoms with Crippen molar-refractivity contribution in [1.29, 1.82) is 0 Å². The van der Waals surface area contributed by atoms with Crippen LogP contribution in [0.2, 0.25) is 0 Å². The number of rotatable bonds is 6. The first-order chi connectivity index (χ1) is 15.4. The van der Waals surface area contributed by atoms with Crippen LogP contribution in [0.4, 0.5) is 19.3 Å². The van der Waals surface area contributed by atoms with E-state index >= 15 is 0 Å². The second-order valence-corrected chi connectivity index (χ2v) is 7.69. The van der Waals surface area contributed by atoms with E-state index in [1.54, 1.807) is 7.11 Å². The van der Waals surface area contributed by atoms with Gasteiger partial charge in [-0.25, -0.2) is 13.6 Å². The number of nitrogens with one attached hydrogen (secondary N) is 2. The van der Waals surface area contributed by atoms with Crippen molar-refractivity contribution < 1.29 is 23.1 Å². The molecule has 168 valence electrons. The topological polar surface area (TPSA) is 75.6 Å². The minimum absolute atomic E-state index is 0.0549. The second-order valence-electron chi connectivity index (χ2n) is 7.69. The highest BCUT2D eigenvalue weighted by atomic mass is 19.1. The van der Waals surface area contributed by atoms with Crippen LogP contribution in [0, 0.1) is 11.6 Å². The number of aromatic nitrogens is 1. The van der Waals surface area contributed by atoms with Crippen molar-refractivity contribution >= 4 is 28.5 Å². The van der Waals surface area contributed by atoms with Gasteiger partial charge in [0.15, 0.2) is 0 Å². The van der Waals surface area contributed by atoms with Gasteiger partial charge in [-0.1, -0.05) is 0 Å². The highest BCUT2D eigenvalue weighted by Crippen LogP contribution is 2.26. The SMILES string of the molecule is COc1ccc2c(c1)c(CNC(=O)Nc1ccc(F)cc1F)cn2CC(=O)N1CCCC1. The molecule has 3 amide bonds. The molecule has 0 bridgehead atoms. The van der Waals surface area contributed by atoms with E-state index in [0.29, 0.717) is 11.8 Å². The van der Waals surface area contributed by atoms with Crippen molar-refractivity contribution in [2.24, 2.45) is 0 Å². The van der Waals surface area contributed by atoms with Crippen molar-refractivity contribution in [3.8, 4) is 5.75 Å². The Hall–Kier alpha value is -3.62. The third-order valence-electron chi connectivity index (χ3n) is 5.55. The molecule has 32 heavy (non-hydrogen) atoms. The number of carbonyl (C=O) groups is 2. The van der Waals surface area contributed by atoms with Crippen molar-refractivity contribution in [2.75, 3.05) is 25.5 Å². The largest absolute Gasteiger partial charge is 0.497 e. The van der Waals surface area contributed by atoms with Crippen LogP contribution in [0.1, 0.15) is 18.4 Å². The maximum absolute atomic E-state index is 13.8. The molecular weight excluding hydrogens is 418 g/mol. The number of halogens is 2. The molecule has 9 heteroatoms. The van der Waals surface area contributed by atoms with E-state index in [4.69, 9.17) is 4.74 Å². The minimum Gasteiger partial charge on any atom is -0.497 e. The lowest BCUT2D eigenvalue weighted by Gasteiger charge is -2.16. The number of anilines is 1. The molecule has 3 aromatic rings. The summed E-state index contributed by atoms with van der Waals surface area (Å²) in [5.41, 5.74) is 1.51. The van der Waals surface area contributed by atoms with E-state index in [0.717, 1.165) is 54.5 Å². The summed E-state index contributed by atoms with van der Waals surface area (Å²) in [7, 11) is 1.57. The molecule has 1 fully saturated rings. The lowest BCUT2D eigenvalue weighted by atomic mass is 10.1. The predicted molar refractivity (Wildman–Crippen MR) is 117 cm³/mol. The van der Waals surface area contributed by atoms with E-state index < -0.39 is 17.7 Å². The summed E-state index contributed by atoms with van der Waals surface area (Å²) in [6.07, 6.45) is 3.87. The molecule has 1 saturated heterocycles. The van der Waals surface area contributed by atoms with Crippen LogP contribution in [0.3, 0.4) is 0 Å². The number of likely N-dealkylation sites (tertiary alicyclic amines) is 1. The van der Waals surface area contributed by atoms with Gasteiger partial charge in [-0.2, -0.15) is 0 Å². The fourth-order valence-corrected chi connectivity index (χ4v) is 3.89. The lowest BCUT2D eigenvalue weighted by molar-refractivity contribution is -0.130. The van der Waals surface area contributed by atoms with Gasteiger partial charge >= 0.3 is 6.03 Å². The zero-order valence-corrected chi connectivity index (χ0v) is 17.7. The highest BCUT2D eigenvalue weighted by Gasteiger charge is 2.20. The van der Waals surface area contributed by atoms with Gasteiger partial charge < -0.3 is 24.8 Å². The van der Waals surface area contributed by atoms with Gasteiger partial charge in [0.1, 0.15) is 23.9 Å². The Morgan fingerprint density at radius 3 is 2.59 bits per heavy atom. The van der Waals surface area contributed by atoms with E-state index in [-0.39, 0.29) is 24.7 Å². The van der Waals surface area contributed by atoms with Gasteiger partial charge in [0.25, 0.3) is 0 Å². The molecule has 0 atom stereocenters. The van der Waals surface area contributed by atoms with E-state index in [9.17, 15) is 18.4 Å². The van der Waals surface area contributed by atoms with Crippen LogP contribution < -0.4 is 15.4 Å². The number of nitrogens with zero attached hydrogens (tertiary/aromatic N) is 2. The zero-order valence-electron chi connectivity index (χ0n) is 17.7. The number of urea groups is 1. The summed E-state index contributed by atoms with van der Waals surface area (Å²) in [5, 5.41) is 5.89. The molecule has 0 saturated carbocycles. The Morgan fingerprint density at radius 1 is 1.09 bits per heavy atom. The number of amides is 3. The van der Waals surface area contributed by atoms with E-state index in [2.05, 4.69) is 10.6 Å². The highest BCUT2D eigenvalue weighted by molar-refractivity contribution is 5.91. The number of hydrogen-bond acceptors (Lipinski definition) is 3. The molecule has 1 aliphatic rings. The number of methoxy groups -OCH3 is 1. The van der Waals surface area contributed by atoms with Crippen LogP contribution in [-0.2, 0) is 17.9 Å². The maximum Gasteiger partial charge on any atom is 0.319 e. The standard InChI is InChI=1S/C23H24F2N4O3/c1-32-17-5-7-21-18(11-17)15(13-29(21)14-22(30)28-8-2-3-9-28)12-26-23(31)27-20-6-4-16(24)10-19(20)25/h4-7,10-11,13H,2-3,8-9,12,14H2,1H3,(H2,26,27,31). The molecule has 1 aliphatic heterocycles. The Kier molecular flexibility index (Phi) is 6.25. The minimum atomic E-state index is -0.859. The molecule has 2 heterocycles. The van der Waals surface area contributed by atoms with Crippen LogP contribution in [-0.4, -0.2) is 41.6 Å². The maximum atomic E-state index is 13.8. The second kappa shape index (κ2) is 9.25. The molecule has 2 N–H and O–H groups in total. The molecule has 0 spiro atoms. The predicted octanol–water partition coefficient (Wildman–Crippen LogP) is 3.87. The summed E-state index contributed by atoms with van der Waals surface area (Å²) in [6.45, 7) is 1.90. The quantitative estimate of drug-likeness (QED) is 0.609. The first kappa shape index (κ1) is 21.6. The molecule has 0 radical (unpaired) electrons. The summed E-state index contributed by atoms with van der Waals surface area (Å²) in [4.78, 5) is 26.8. The molecule has 4 rings (SSSR count). The van der Waals surface area contributed by atoms with Crippen LogP contribution in [0.25, 0.3) is 10.9 Å². The van der Waals surface area contributed by atoms with E-state index in [1.165, 1.54) is 0 Å². The van der Waals surface area contributed by atoms with Crippen LogP contribution in [0.15, 0.2) is 42.6 Å². The fourth-order valence-electron chi connectivity index (χ4n) is 3.89. The normalized spacial score (nSPS) is 13.4. The summed E-state index contributed by atoms with van der Waals surface area (Å²) in [6, 6.07) is 7.84. The van der Waals surface area contributed by atoms with Crippen LogP contribution >= 0.6 is 0 Å². The molecule has 0 aliphatic carbocycles. The third kappa shape index (κ3) is 4.66. The van der Waals surface area contributed by atoms with Gasteiger partial charge in [0.2, 0.25) is 5.91 Å². The van der Waals surface area contributed by atoms with Gasteiger partial charge in [0, 0.05) is 42.8 Å². The van der Waals surface area contributed by atoms with Gasteiger partial charge in [0.05, 0.1) is 12.8 Å². The number of carbonyl (C=O) groups excluding carboxylic acids is 2.